The van der Waals surface area contributed by atoms with E-state index in [2.05, 4.69) is 12.3 Å². The van der Waals surface area contributed by atoms with Crippen molar-refractivity contribution in [2.45, 2.75) is 57.7 Å². The van der Waals surface area contributed by atoms with Crippen LogP contribution in [0.1, 0.15) is 56.2 Å². The van der Waals surface area contributed by atoms with Crippen molar-refractivity contribution < 1.29 is 18.0 Å². The van der Waals surface area contributed by atoms with Gasteiger partial charge in [-0.3, -0.25) is 10.2 Å². The van der Waals surface area contributed by atoms with Crippen molar-refractivity contribution in [1.82, 2.24) is 10.4 Å². The molecule has 1 N–H and O–H groups in total. The molecule has 1 amide bonds. The van der Waals surface area contributed by atoms with Gasteiger partial charge in [0.1, 0.15) is 0 Å². The number of nitrogens with one attached hydrogen (secondary N) is 1. The maximum Gasteiger partial charge on any atom is 0.409 e. The number of rotatable bonds is 7. The number of carbonyl (C=O) groups is 1. The Hall–Kier alpha value is -2.08. The topological polar surface area (TPSA) is 32.3 Å². The summed E-state index contributed by atoms with van der Waals surface area (Å²) < 4.78 is 41.5. The summed E-state index contributed by atoms with van der Waals surface area (Å²) in [5, 5.41) is 2.40. The monoisotopic (exact) mass is 378 g/mol. The molecule has 0 radical (unpaired) electrons. The van der Waals surface area contributed by atoms with Gasteiger partial charge in [-0.25, -0.2) is 5.01 Å². The fraction of sp³-hybridized carbons (Fsp3) is 0.476. The Labute approximate surface area is 157 Å². The zero-order valence-electron chi connectivity index (χ0n) is 15.5. The van der Waals surface area contributed by atoms with Crippen LogP contribution in [0.2, 0.25) is 0 Å². The second-order valence-electron chi connectivity index (χ2n) is 7.14. The summed E-state index contributed by atoms with van der Waals surface area (Å²) in [6, 6.07) is 8.87. The highest BCUT2D eigenvalue weighted by Crippen LogP contribution is 2.40. The number of hydrogen-bond acceptors (Lipinski definition) is 2. The summed E-state index contributed by atoms with van der Waals surface area (Å²) in [5.74, 6) is -0.376. The molecule has 1 atom stereocenters. The number of halogens is 3. The van der Waals surface area contributed by atoms with E-state index in [-0.39, 0.29) is 24.4 Å². The third-order valence-electron chi connectivity index (χ3n) is 5.06. The summed E-state index contributed by atoms with van der Waals surface area (Å²) >= 11 is 0. The van der Waals surface area contributed by atoms with Crippen molar-refractivity contribution in [3.63, 3.8) is 0 Å². The first-order chi connectivity index (χ1) is 12.9. The molecule has 1 aliphatic rings. The quantitative estimate of drug-likeness (QED) is 0.663. The number of nitrogens with zero attached hydrogens (tertiary/aromatic N) is 1. The molecule has 27 heavy (non-hydrogen) atoms. The zero-order valence-corrected chi connectivity index (χ0v) is 15.5. The van der Waals surface area contributed by atoms with Gasteiger partial charge in [-0.05, 0) is 34.7 Å². The number of carbonyl (C=O) groups excluding carboxylic acids is 1. The van der Waals surface area contributed by atoms with E-state index in [0.717, 1.165) is 28.8 Å². The Bertz CT molecular complexity index is 804. The molecule has 146 valence electrons. The van der Waals surface area contributed by atoms with Crippen molar-refractivity contribution in [3.05, 3.63) is 47.5 Å². The van der Waals surface area contributed by atoms with E-state index in [1.54, 1.807) is 12.1 Å². The SMILES string of the molecule is CCCCCCc1ccc2c([C@H](N3CCC(=O)N3)C(F)(F)F)cccc2c1. The second-order valence-corrected chi connectivity index (χ2v) is 7.14. The van der Waals surface area contributed by atoms with Crippen LogP contribution in [0.15, 0.2) is 36.4 Å². The number of aryl methyl sites for hydroxylation is 1. The molecule has 6 heteroatoms. The molecule has 3 nitrogen and oxygen atoms in total. The third-order valence-corrected chi connectivity index (χ3v) is 5.06. The molecule has 1 aliphatic heterocycles. The largest absolute Gasteiger partial charge is 0.409 e. The van der Waals surface area contributed by atoms with E-state index in [9.17, 15) is 18.0 Å². The summed E-state index contributed by atoms with van der Waals surface area (Å²) in [6.07, 6.45) is 1.16. The van der Waals surface area contributed by atoms with Gasteiger partial charge in [0.2, 0.25) is 5.91 Å². The number of alkyl halides is 3. The average Bonchev–Trinajstić information content (AvgIpc) is 3.03. The number of amides is 1. The van der Waals surface area contributed by atoms with E-state index >= 15 is 0 Å². The van der Waals surface area contributed by atoms with Gasteiger partial charge in [-0.2, -0.15) is 13.2 Å². The molecular weight excluding hydrogens is 353 g/mol. The highest BCUT2D eigenvalue weighted by atomic mass is 19.4. The number of fused-ring (bicyclic) bond motifs is 1. The van der Waals surface area contributed by atoms with Gasteiger partial charge in [0, 0.05) is 13.0 Å². The molecule has 0 aliphatic carbocycles. The molecule has 3 rings (SSSR count). The van der Waals surface area contributed by atoms with Crippen molar-refractivity contribution >= 4 is 16.7 Å². The molecule has 1 saturated heterocycles. The summed E-state index contributed by atoms with van der Waals surface area (Å²) in [6.45, 7) is 2.21. The molecular formula is C21H25F3N2O. The predicted octanol–water partition coefficient (Wildman–Crippen LogP) is 5.30. The van der Waals surface area contributed by atoms with Gasteiger partial charge in [0.15, 0.2) is 6.04 Å². The van der Waals surface area contributed by atoms with E-state index in [1.807, 2.05) is 18.2 Å². The van der Waals surface area contributed by atoms with Crippen LogP contribution in [0.4, 0.5) is 13.2 Å². The van der Waals surface area contributed by atoms with E-state index in [0.29, 0.717) is 5.39 Å². The fourth-order valence-corrected chi connectivity index (χ4v) is 3.72. The lowest BCUT2D eigenvalue weighted by Gasteiger charge is -2.30. The molecule has 2 aromatic carbocycles. The van der Waals surface area contributed by atoms with Crippen LogP contribution >= 0.6 is 0 Å². The minimum Gasteiger partial charge on any atom is -0.288 e. The minimum absolute atomic E-state index is 0.0505. The first-order valence-electron chi connectivity index (χ1n) is 9.54. The first-order valence-corrected chi connectivity index (χ1v) is 9.54. The van der Waals surface area contributed by atoms with Gasteiger partial charge in [-0.1, -0.05) is 62.6 Å². The molecule has 0 aromatic heterocycles. The van der Waals surface area contributed by atoms with Crippen LogP contribution in [0, 0.1) is 0 Å². The van der Waals surface area contributed by atoms with Crippen LogP contribution in [0.5, 0.6) is 0 Å². The van der Waals surface area contributed by atoms with Crippen LogP contribution in [-0.4, -0.2) is 23.6 Å². The Morgan fingerprint density at radius 1 is 1.15 bits per heavy atom. The van der Waals surface area contributed by atoms with Crippen molar-refractivity contribution in [2.24, 2.45) is 0 Å². The van der Waals surface area contributed by atoms with Crippen LogP contribution in [-0.2, 0) is 11.2 Å². The summed E-state index contributed by atoms with van der Waals surface area (Å²) in [4.78, 5) is 11.5. The second kappa shape index (κ2) is 8.30. The van der Waals surface area contributed by atoms with Crippen LogP contribution in [0.25, 0.3) is 10.8 Å². The molecule has 1 fully saturated rings. The van der Waals surface area contributed by atoms with Crippen LogP contribution < -0.4 is 5.43 Å². The molecule has 0 unspecified atom stereocenters. The van der Waals surface area contributed by atoms with Gasteiger partial charge >= 0.3 is 6.18 Å². The summed E-state index contributed by atoms with van der Waals surface area (Å²) in [7, 11) is 0. The number of hydrogen-bond donors (Lipinski definition) is 1. The highest BCUT2D eigenvalue weighted by molar-refractivity contribution is 5.87. The average molecular weight is 378 g/mol. The van der Waals surface area contributed by atoms with Crippen molar-refractivity contribution in [2.75, 3.05) is 6.54 Å². The van der Waals surface area contributed by atoms with E-state index in [4.69, 9.17) is 0 Å². The Morgan fingerprint density at radius 3 is 2.63 bits per heavy atom. The molecule has 0 saturated carbocycles. The number of hydrazine groups is 1. The fourth-order valence-electron chi connectivity index (χ4n) is 3.72. The zero-order chi connectivity index (χ0) is 19.4. The third kappa shape index (κ3) is 4.61. The van der Waals surface area contributed by atoms with Gasteiger partial charge in [0.25, 0.3) is 0 Å². The van der Waals surface area contributed by atoms with E-state index in [1.165, 1.54) is 25.3 Å². The maximum absolute atomic E-state index is 13.8. The normalized spacial score (nSPS) is 16.7. The standard InChI is InChI=1S/C21H25F3N2O/c1-2-3-4-5-7-15-10-11-17-16(14-15)8-6-9-18(17)20(21(22,23)24)26-13-12-19(27)25-26/h6,8-11,14,20H,2-5,7,12-13H2,1H3,(H,25,27)/t20-/m0/s1. The lowest BCUT2D eigenvalue weighted by molar-refractivity contribution is -0.190. The minimum atomic E-state index is -4.48. The van der Waals surface area contributed by atoms with Gasteiger partial charge in [0.05, 0.1) is 0 Å². The first kappa shape index (κ1) is 19.7. The lowest BCUT2D eigenvalue weighted by Crippen LogP contribution is -2.43. The Balaban J connectivity index is 1.91. The molecule has 0 spiro atoms. The molecule has 1 heterocycles. The van der Waals surface area contributed by atoms with Crippen molar-refractivity contribution in [1.29, 1.82) is 0 Å². The Morgan fingerprint density at radius 2 is 1.96 bits per heavy atom. The molecule has 2 aromatic rings. The highest BCUT2D eigenvalue weighted by Gasteiger charge is 2.47. The number of unbranched alkanes of at least 4 members (excludes halogenated alkanes) is 3. The Kier molecular flexibility index (Phi) is 6.05. The van der Waals surface area contributed by atoms with Crippen LogP contribution in [0.3, 0.4) is 0 Å². The van der Waals surface area contributed by atoms with E-state index < -0.39 is 12.2 Å². The lowest BCUT2D eigenvalue weighted by atomic mass is 9.95. The number of benzene rings is 2. The predicted molar refractivity (Wildman–Crippen MR) is 100 cm³/mol. The molecule has 0 bridgehead atoms. The van der Waals surface area contributed by atoms with Gasteiger partial charge < -0.3 is 0 Å². The smallest absolute Gasteiger partial charge is 0.288 e. The maximum atomic E-state index is 13.8. The van der Waals surface area contributed by atoms with Crippen molar-refractivity contribution in [3.8, 4) is 0 Å². The van der Waals surface area contributed by atoms with Gasteiger partial charge in [-0.15, -0.1) is 0 Å². The summed E-state index contributed by atoms with van der Waals surface area (Å²) in [5.41, 5.74) is 3.68.